The molecule has 1 amide bonds. The van der Waals surface area contributed by atoms with Crippen LogP contribution < -0.4 is 9.64 Å². The number of amides is 1. The minimum atomic E-state index is -0.0145. The van der Waals surface area contributed by atoms with E-state index in [1.54, 1.807) is 7.11 Å². The van der Waals surface area contributed by atoms with Crippen molar-refractivity contribution in [3.05, 3.63) is 59.7 Å². The second-order valence-electron chi connectivity index (χ2n) is 6.77. The van der Waals surface area contributed by atoms with Gasteiger partial charge in [0.05, 0.1) is 13.2 Å². The lowest BCUT2D eigenvalue weighted by molar-refractivity contribution is -0.119. The van der Waals surface area contributed by atoms with Gasteiger partial charge in [-0.15, -0.1) is 0 Å². The van der Waals surface area contributed by atoms with E-state index in [1.165, 1.54) is 11.1 Å². The van der Waals surface area contributed by atoms with Crippen molar-refractivity contribution in [2.75, 3.05) is 18.6 Å². The molecule has 0 saturated carbocycles. The average molecular weight is 336 g/mol. The molecule has 2 saturated heterocycles. The predicted molar refractivity (Wildman–Crippen MR) is 98.8 cm³/mol. The summed E-state index contributed by atoms with van der Waals surface area (Å²) in [7, 11) is 1.66. The first-order valence-corrected chi connectivity index (χ1v) is 9.04. The number of fused-ring (bicyclic) bond motifs is 1. The Kier molecular flexibility index (Phi) is 4.22. The van der Waals surface area contributed by atoms with Crippen LogP contribution >= 0.6 is 0 Å². The second-order valence-corrected chi connectivity index (χ2v) is 6.77. The van der Waals surface area contributed by atoms with Crippen molar-refractivity contribution in [2.45, 2.75) is 38.4 Å². The number of aryl methyl sites for hydroxylation is 1. The van der Waals surface area contributed by atoms with Gasteiger partial charge in [0, 0.05) is 12.2 Å². The summed E-state index contributed by atoms with van der Waals surface area (Å²) >= 11 is 0. The molecule has 0 bridgehead atoms. The lowest BCUT2D eigenvalue weighted by Gasteiger charge is -2.30. The fraction of sp³-hybridized carbons (Fsp3) is 0.381. The maximum atomic E-state index is 13.1. The number of carbonyl (C=O) groups is 1. The minimum absolute atomic E-state index is 0.0120. The Hall–Kier alpha value is -2.33. The highest BCUT2D eigenvalue weighted by Crippen LogP contribution is 2.42. The molecule has 2 aromatic carbocycles. The summed E-state index contributed by atoms with van der Waals surface area (Å²) in [6.45, 7) is 3.14. The van der Waals surface area contributed by atoms with Crippen LogP contribution in [0.4, 0.5) is 5.69 Å². The highest BCUT2D eigenvalue weighted by atomic mass is 16.5. The van der Waals surface area contributed by atoms with E-state index >= 15 is 0 Å². The number of nitrogens with zero attached hydrogens (tertiary/aromatic N) is 2. The maximum Gasteiger partial charge on any atom is 0.246 e. The Labute approximate surface area is 149 Å². The lowest BCUT2D eigenvalue weighted by Crippen LogP contribution is -2.32. The summed E-state index contributed by atoms with van der Waals surface area (Å²) in [6.07, 6.45) is 3.06. The van der Waals surface area contributed by atoms with Crippen LogP contribution in [-0.2, 0) is 11.2 Å². The largest absolute Gasteiger partial charge is 0.497 e. The Balaban J connectivity index is 1.74. The van der Waals surface area contributed by atoms with E-state index in [1.807, 2.05) is 29.2 Å². The number of hydrogen-bond donors (Lipinski definition) is 0. The number of benzene rings is 2. The number of ether oxygens (including phenoxy) is 1. The highest BCUT2D eigenvalue weighted by Gasteiger charge is 2.49. The Morgan fingerprint density at radius 2 is 1.80 bits per heavy atom. The highest BCUT2D eigenvalue weighted by molar-refractivity contribution is 6.00. The fourth-order valence-electron chi connectivity index (χ4n) is 4.05. The zero-order chi connectivity index (χ0) is 17.4. The van der Waals surface area contributed by atoms with Crippen LogP contribution in [-0.4, -0.2) is 30.5 Å². The summed E-state index contributed by atoms with van der Waals surface area (Å²) in [5.74, 6) is 1.02. The molecule has 2 atom stereocenters. The summed E-state index contributed by atoms with van der Waals surface area (Å²) in [6, 6.07) is 16.5. The van der Waals surface area contributed by atoms with Crippen LogP contribution in [0.3, 0.4) is 0 Å². The Morgan fingerprint density at radius 3 is 2.44 bits per heavy atom. The first kappa shape index (κ1) is 16.2. The predicted octanol–water partition coefficient (Wildman–Crippen LogP) is 3.77. The minimum Gasteiger partial charge on any atom is -0.497 e. The molecule has 0 unspecified atom stereocenters. The molecule has 4 nitrogen and oxygen atoms in total. The van der Waals surface area contributed by atoms with Crippen molar-refractivity contribution in [3.8, 4) is 5.75 Å². The third-order valence-electron chi connectivity index (χ3n) is 5.41. The van der Waals surface area contributed by atoms with Crippen LogP contribution in [0.25, 0.3) is 0 Å². The van der Waals surface area contributed by atoms with Gasteiger partial charge < -0.3 is 4.74 Å². The summed E-state index contributed by atoms with van der Waals surface area (Å²) in [5, 5.41) is 0. The molecule has 4 heteroatoms. The van der Waals surface area contributed by atoms with Gasteiger partial charge in [0.1, 0.15) is 11.9 Å². The molecular weight excluding hydrogens is 312 g/mol. The van der Waals surface area contributed by atoms with E-state index in [4.69, 9.17) is 4.74 Å². The van der Waals surface area contributed by atoms with Gasteiger partial charge in [-0.1, -0.05) is 31.2 Å². The smallest absolute Gasteiger partial charge is 0.246 e. The van der Waals surface area contributed by atoms with Crippen molar-refractivity contribution >= 4 is 11.6 Å². The zero-order valence-corrected chi connectivity index (χ0v) is 14.8. The van der Waals surface area contributed by atoms with Gasteiger partial charge in [-0.2, -0.15) is 0 Å². The molecule has 2 aliphatic heterocycles. The van der Waals surface area contributed by atoms with Crippen molar-refractivity contribution in [1.82, 2.24) is 4.90 Å². The molecule has 4 rings (SSSR count). The molecule has 2 aliphatic rings. The SMILES string of the molecule is CCc1ccc([C@H]2N(c3ccc(OC)cc3)C(=O)[C@@H]3CCCN32)cc1. The van der Waals surface area contributed by atoms with Crippen molar-refractivity contribution < 1.29 is 9.53 Å². The summed E-state index contributed by atoms with van der Waals surface area (Å²) in [5.41, 5.74) is 3.44. The molecule has 0 aromatic heterocycles. The molecular formula is C21H24N2O2. The van der Waals surface area contributed by atoms with E-state index in [2.05, 4.69) is 36.1 Å². The summed E-state index contributed by atoms with van der Waals surface area (Å²) < 4.78 is 5.26. The van der Waals surface area contributed by atoms with Gasteiger partial charge >= 0.3 is 0 Å². The lowest BCUT2D eigenvalue weighted by atomic mass is 10.1. The van der Waals surface area contributed by atoms with E-state index in [0.717, 1.165) is 37.2 Å². The number of anilines is 1. The maximum absolute atomic E-state index is 13.1. The average Bonchev–Trinajstić information content (AvgIpc) is 3.24. The van der Waals surface area contributed by atoms with Crippen LogP contribution in [0.2, 0.25) is 0 Å². The topological polar surface area (TPSA) is 32.8 Å². The third kappa shape index (κ3) is 2.71. The molecule has 25 heavy (non-hydrogen) atoms. The fourth-order valence-corrected chi connectivity index (χ4v) is 4.05. The van der Waals surface area contributed by atoms with E-state index < -0.39 is 0 Å². The van der Waals surface area contributed by atoms with Gasteiger partial charge in [-0.05, 0) is 54.7 Å². The standard InChI is InChI=1S/C21H24N2O2/c1-3-15-6-8-16(9-7-15)20-22-14-4-5-19(22)21(24)23(20)17-10-12-18(25-2)13-11-17/h6-13,19-20H,3-5,14H2,1-2H3/t19-,20+/m0/s1. The third-order valence-corrected chi connectivity index (χ3v) is 5.41. The number of carbonyl (C=O) groups excluding carboxylic acids is 1. The van der Waals surface area contributed by atoms with E-state index in [9.17, 15) is 4.79 Å². The molecule has 2 aromatic rings. The van der Waals surface area contributed by atoms with E-state index in [0.29, 0.717) is 0 Å². The number of hydrogen-bond acceptors (Lipinski definition) is 3. The number of rotatable bonds is 4. The zero-order valence-electron chi connectivity index (χ0n) is 14.8. The molecule has 0 radical (unpaired) electrons. The first-order chi connectivity index (χ1) is 12.2. The molecule has 130 valence electrons. The monoisotopic (exact) mass is 336 g/mol. The van der Waals surface area contributed by atoms with Crippen molar-refractivity contribution in [2.24, 2.45) is 0 Å². The summed E-state index contributed by atoms with van der Waals surface area (Å²) in [4.78, 5) is 17.4. The molecule has 2 heterocycles. The molecule has 2 fully saturated rings. The van der Waals surface area contributed by atoms with Crippen LogP contribution in [0.1, 0.15) is 37.1 Å². The molecule has 0 spiro atoms. The molecule has 0 N–H and O–H groups in total. The normalized spacial score (nSPS) is 23.1. The van der Waals surface area contributed by atoms with Gasteiger partial charge in [0.2, 0.25) is 5.91 Å². The van der Waals surface area contributed by atoms with Crippen molar-refractivity contribution in [1.29, 1.82) is 0 Å². The Morgan fingerprint density at radius 1 is 1.08 bits per heavy atom. The van der Waals surface area contributed by atoms with Gasteiger partial charge in [-0.25, -0.2) is 0 Å². The Bertz CT molecular complexity index is 754. The van der Waals surface area contributed by atoms with Crippen LogP contribution in [0, 0.1) is 0 Å². The van der Waals surface area contributed by atoms with E-state index in [-0.39, 0.29) is 18.1 Å². The second kappa shape index (κ2) is 6.52. The van der Waals surface area contributed by atoms with Crippen LogP contribution in [0.5, 0.6) is 5.75 Å². The number of methoxy groups -OCH3 is 1. The van der Waals surface area contributed by atoms with Crippen molar-refractivity contribution in [3.63, 3.8) is 0 Å². The molecule has 0 aliphatic carbocycles. The van der Waals surface area contributed by atoms with Crippen LogP contribution in [0.15, 0.2) is 48.5 Å². The quantitative estimate of drug-likeness (QED) is 0.852. The van der Waals surface area contributed by atoms with Gasteiger partial charge in [-0.3, -0.25) is 14.6 Å². The first-order valence-electron chi connectivity index (χ1n) is 9.04. The van der Waals surface area contributed by atoms with Gasteiger partial charge in [0.15, 0.2) is 0 Å². The van der Waals surface area contributed by atoms with Gasteiger partial charge in [0.25, 0.3) is 0 Å².